The summed E-state index contributed by atoms with van der Waals surface area (Å²) in [6.45, 7) is 5.82. The summed E-state index contributed by atoms with van der Waals surface area (Å²) < 4.78 is 5.46. The zero-order valence-electron chi connectivity index (χ0n) is 30.7. The summed E-state index contributed by atoms with van der Waals surface area (Å²) in [7, 11) is 5.79. The van der Waals surface area contributed by atoms with E-state index >= 15 is 0 Å². The molecule has 0 radical (unpaired) electrons. The number of nitrogens with zero attached hydrogens (tertiary/aromatic N) is 2. The van der Waals surface area contributed by atoms with E-state index in [1.165, 1.54) is 11.1 Å². The number of likely N-dealkylation sites (N-methyl/N-ethyl adjacent to an activating group) is 2. The summed E-state index contributed by atoms with van der Waals surface area (Å²) in [6.07, 6.45) is 6.30. The van der Waals surface area contributed by atoms with Gasteiger partial charge in [0, 0.05) is 28.6 Å². The molecule has 5 amide bonds. The third-order valence-corrected chi connectivity index (χ3v) is 15.2. The lowest BCUT2D eigenvalue weighted by Gasteiger charge is -2.65. The highest BCUT2D eigenvalue weighted by atomic mass is 16.5. The Bertz CT molecular complexity index is 1970. The minimum absolute atomic E-state index is 0.00432. The molecule has 4 saturated heterocycles. The summed E-state index contributed by atoms with van der Waals surface area (Å²) >= 11 is 0. The summed E-state index contributed by atoms with van der Waals surface area (Å²) in [5, 5.41) is 45.3. The second-order valence-electron chi connectivity index (χ2n) is 17.3. The molecule has 0 aromatic heterocycles. The van der Waals surface area contributed by atoms with Gasteiger partial charge in [-0.2, -0.15) is 0 Å². The Morgan fingerprint density at radius 1 is 0.736 bits per heavy atom. The van der Waals surface area contributed by atoms with Crippen LogP contribution in [0.4, 0.5) is 9.59 Å². The van der Waals surface area contributed by atoms with Crippen molar-refractivity contribution in [3.05, 3.63) is 70.9 Å². The van der Waals surface area contributed by atoms with Gasteiger partial charge in [-0.15, -0.1) is 0 Å². The molecule has 13 nitrogen and oxygen atoms in total. The summed E-state index contributed by atoms with van der Waals surface area (Å²) in [5.74, 6) is 0.710. The fourth-order valence-electron chi connectivity index (χ4n) is 12.4. The van der Waals surface area contributed by atoms with E-state index in [1.54, 1.807) is 13.2 Å². The Morgan fingerprint density at radius 3 is 1.81 bits per heavy atom. The summed E-state index contributed by atoms with van der Waals surface area (Å²) in [4.78, 5) is 41.1. The van der Waals surface area contributed by atoms with Gasteiger partial charge in [0.1, 0.15) is 17.0 Å². The Labute approximate surface area is 309 Å². The van der Waals surface area contributed by atoms with Crippen molar-refractivity contribution in [2.75, 3.05) is 34.3 Å². The maximum Gasteiger partial charge on any atom is 0.322 e. The van der Waals surface area contributed by atoms with Crippen LogP contribution < -0.4 is 26.0 Å². The topological polar surface area (TPSA) is 176 Å². The normalized spacial score (nSPS) is 40.8. The number of piperidine rings is 2. The van der Waals surface area contributed by atoms with Crippen molar-refractivity contribution >= 4 is 18.0 Å². The van der Waals surface area contributed by atoms with Crippen LogP contribution in [0.2, 0.25) is 0 Å². The molecule has 282 valence electrons. The molecule has 7 N–H and O–H groups in total. The maximum atomic E-state index is 12.7. The number of methoxy groups -OCH3 is 1. The number of aromatic hydroxyl groups is 1. The number of phenols is 1. The van der Waals surface area contributed by atoms with E-state index in [4.69, 9.17) is 4.74 Å². The average Bonchev–Trinajstić information content (AvgIpc) is 3.56. The Morgan fingerprint density at radius 2 is 1.26 bits per heavy atom. The van der Waals surface area contributed by atoms with Crippen LogP contribution in [-0.4, -0.2) is 112 Å². The SMILES string of the molecule is C=C1NC(=O)N[C@]12CC[C@@]1(O)[C@H]3Cc4ccc(O)cc4[C@@]1(CCN3C)C2.COc1ccc2c(c1)[C@]13CCN(C)[C@H](C2)[C@]1(O)CC[C@@]1(C3)NC(=O)NC1=O. The maximum absolute atomic E-state index is 12.7. The van der Waals surface area contributed by atoms with E-state index in [0.717, 1.165) is 55.6 Å². The number of aliphatic hydroxyl groups is 2. The molecule has 2 aromatic carbocycles. The predicted molar refractivity (Wildman–Crippen MR) is 194 cm³/mol. The minimum atomic E-state index is -0.943. The molecular weight excluding hydrogens is 676 g/mol. The van der Waals surface area contributed by atoms with Crippen molar-refractivity contribution in [2.24, 2.45) is 0 Å². The highest BCUT2D eigenvalue weighted by Crippen LogP contribution is 2.62. The van der Waals surface area contributed by atoms with Gasteiger partial charge in [-0.05, 0) is 138 Å². The number of carbonyl (C=O) groups is 3. The number of imide groups is 1. The molecule has 13 heteroatoms. The van der Waals surface area contributed by atoms with Crippen molar-refractivity contribution in [3.63, 3.8) is 0 Å². The van der Waals surface area contributed by atoms with Crippen LogP contribution in [0.25, 0.3) is 0 Å². The van der Waals surface area contributed by atoms with Crippen LogP contribution in [0.5, 0.6) is 11.5 Å². The van der Waals surface area contributed by atoms with Crippen LogP contribution in [0.15, 0.2) is 48.7 Å². The van der Waals surface area contributed by atoms with Crippen molar-refractivity contribution in [2.45, 2.75) is 109 Å². The number of urea groups is 2. The molecule has 0 unspecified atom stereocenters. The highest BCUT2D eigenvalue weighted by molar-refractivity contribution is 6.07. The molecule has 8 aliphatic rings. The monoisotopic (exact) mass is 726 g/mol. The standard InChI is InChI=1S/C20H25N3O4.C20H25N3O3/c1-23-8-7-18-11-19(16(24)21-17(25)22-19)5-6-20(18,26)15(23)9-12-3-4-13(27-2)10-14(12)18;1-12-19(22-17(25)21-12)5-6-20(26)16-9-13-3-4-14(24)10-15(13)18(20,11-19)7-8-23(16)2/h3-4,10,15,26H,5-9,11H2,1-2H3,(H2,21,22,24,25);3-4,10,16,24,26H,1,5-9,11H2,2H3,(H2,21,22,25)/t15-,18-,19+,20-;16-,18-,19+,20-/m11/s1. The lowest BCUT2D eigenvalue weighted by atomic mass is 9.46. The molecule has 4 aliphatic carbocycles. The van der Waals surface area contributed by atoms with Crippen molar-refractivity contribution < 1.29 is 34.4 Å². The molecular formula is C40H50N6O7. The van der Waals surface area contributed by atoms with Crippen LogP contribution >= 0.6 is 0 Å². The first-order valence-corrected chi connectivity index (χ1v) is 18.9. The van der Waals surface area contributed by atoms with Crippen molar-refractivity contribution in [1.29, 1.82) is 0 Å². The number of benzene rings is 2. The first-order chi connectivity index (χ1) is 25.1. The minimum Gasteiger partial charge on any atom is -0.508 e. The van der Waals surface area contributed by atoms with Gasteiger partial charge in [0.15, 0.2) is 0 Å². The second-order valence-corrected chi connectivity index (χ2v) is 17.3. The van der Waals surface area contributed by atoms with Crippen molar-refractivity contribution in [3.8, 4) is 11.5 Å². The Balaban J connectivity index is 0.000000141. The second kappa shape index (κ2) is 11.2. The molecule has 4 heterocycles. The fourth-order valence-corrected chi connectivity index (χ4v) is 12.4. The van der Waals surface area contributed by atoms with Gasteiger partial charge in [-0.25, -0.2) is 9.59 Å². The molecule has 2 spiro atoms. The Hall–Kier alpha value is -4.17. The van der Waals surface area contributed by atoms with Gasteiger partial charge < -0.3 is 45.8 Å². The third kappa shape index (κ3) is 4.48. The molecule has 6 fully saturated rings. The van der Waals surface area contributed by atoms with Crippen molar-refractivity contribution in [1.82, 2.24) is 31.1 Å². The lowest BCUT2D eigenvalue weighted by molar-refractivity contribution is -0.175. The first-order valence-electron chi connectivity index (χ1n) is 18.9. The van der Waals surface area contributed by atoms with Crippen LogP contribution in [0.3, 0.4) is 0 Å². The Kier molecular flexibility index (Phi) is 7.30. The third-order valence-electron chi connectivity index (χ3n) is 15.2. The fraction of sp³-hybridized carbons (Fsp3) is 0.575. The molecule has 4 bridgehead atoms. The number of phenolic OH excluding ortho intramolecular Hbond substituents is 1. The van der Waals surface area contributed by atoms with Gasteiger partial charge in [-0.1, -0.05) is 18.7 Å². The largest absolute Gasteiger partial charge is 0.508 e. The first kappa shape index (κ1) is 34.6. The lowest BCUT2D eigenvalue weighted by Crippen LogP contribution is -2.75. The summed E-state index contributed by atoms with van der Waals surface area (Å²) in [6, 6.07) is 11.0. The van der Waals surface area contributed by atoms with Gasteiger partial charge in [-0.3, -0.25) is 10.1 Å². The molecule has 10 rings (SSSR count). The number of hydrogen-bond donors (Lipinski definition) is 7. The van der Waals surface area contributed by atoms with E-state index in [1.807, 2.05) is 24.3 Å². The molecule has 53 heavy (non-hydrogen) atoms. The smallest absolute Gasteiger partial charge is 0.322 e. The van der Waals surface area contributed by atoms with Gasteiger partial charge >= 0.3 is 12.1 Å². The number of likely N-dealkylation sites (tertiary alicyclic amines) is 2. The zero-order chi connectivity index (χ0) is 37.3. The number of hydrogen-bond acceptors (Lipinski definition) is 9. The number of amides is 5. The zero-order valence-corrected chi connectivity index (χ0v) is 30.7. The average molecular weight is 727 g/mol. The van der Waals surface area contributed by atoms with E-state index in [0.29, 0.717) is 44.2 Å². The molecule has 4 aliphatic heterocycles. The predicted octanol–water partition coefficient (Wildman–Crippen LogP) is 2.06. The van der Waals surface area contributed by atoms with E-state index in [-0.39, 0.29) is 29.8 Å². The molecule has 2 saturated carbocycles. The number of rotatable bonds is 1. The van der Waals surface area contributed by atoms with Gasteiger partial charge in [0.2, 0.25) is 0 Å². The quantitative estimate of drug-likeness (QED) is 0.217. The van der Waals surface area contributed by atoms with Crippen LogP contribution in [0, 0.1) is 0 Å². The number of carbonyl (C=O) groups excluding carboxylic acids is 3. The number of nitrogens with one attached hydrogen (secondary N) is 4. The van der Waals surface area contributed by atoms with E-state index in [2.05, 4.69) is 57.8 Å². The van der Waals surface area contributed by atoms with E-state index in [9.17, 15) is 29.7 Å². The highest BCUT2D eigenvalue weighted by Gasteiger charge is 2.70. The summed E-state index contributed by atoms with van der Waals surface area (Å²) in [5.41, 5.74) is 0.809. The molecule has 8 atom stereocenters. The number of fused-ring (bicyclic) bond motifs is 2. The molecule has 2 aromatic rings. The van der Waals surface area contributed by atoms with Gasteiger partial charge in [0.05, 0.1) is 23.9 Å². The van der Waals surface area contributed by atoms with E-state index < -0.39 is 39.1 Å². The van der Waals surface area contributed by atoms with Crippen LogP contribution in [-0.2, 0) is 28.5 Å². The van der Waals surface area contributed by atoms with Crippen LogP contribution in [0.1, 0.15) is 73.6 Å². The number of ether oxygens (including phenoxy) is 1. The van der Waals surface area contributed by atoms with Gasteiger partial charge in [0.25, 0.3) is 5.91 Å².